The molecule has 1 heterocycles. The molecule has 2 aromatic rings. The van der Waals surface area contributed by atoms with Crippen LogP contribution >= 0.6 is 11.7 Å². The average molecular weight is 214 g/mol. The second kappa shape index (κ2) is 3.13. The van der Waals surface area contributed by atoms with Gasteiger partial charge < -0.3 is 4.55 Å². The first-order valence-corrected chi connectivity index (χ1v) is 5.36. The Balaban J connectivity index is 2.88. The van der Waals surface area contributed by atoms with Crippen LogP contribution in [-0.4, -0.2) is 17.5 Å². The van der Waals surface area contributed by atoms with E-state index < -0.39 is 11.1 Å². The van der Waals surface area contributed by atoms with Crippen molar-refractivity contribution in [3.05, 3.63) is 17.7 Å². The molecular weight excluding hydrogens is 208 g/mol. The van der Waals surface area contributed by atoms with Crippen molar-refractivity contribution in [2.45, 2.75) is 11.8 Å². The Hall–Kier alpha value is -0.850. The molecule has 0 saturated heterocycles. The molecule has 2 rings (SSSR count). The van der Waals surface area contributed by atoms with Gasteiger partial charge in [0, 0.05) is 0 Å². The number of hydrogen-bond donors (Lipinski definition) is 1. The zero-order valence-corrected chi connectivity index (χ0v) is 8.35. The minimum absolute atomic E-state index is 0.367. The third-order valence-electron chi connectivity index (χ3n) is 1.75. The fourth-order valence-electron chi connectivity index (χ4n) is 1.15. The lowest BCUT2D eigenvalue weighted by Gasteiger charge is -1.99. The van der Waals surface area contributed by atoms with Crippen molar-refractivity contribution < 1.29 is 8.76 Å². The number of hydrogen-bond acceptors (Lipinski definition) is 4. The van der Waals surface area contributed by atoms with Gasteiger partial charge in [0.25, 0.3) is 0 Å². The molecule has 0 radical (unpaired) electrons. The van der Waals surface area contributed by atoms with Gasteiger partial charge in [-0.05, 0) is 18.6 Å². The molecule has 0 aliphatic carbocycles. The molecule has 1 aromatic heterocycles. The van der Waals surface area contributed by atoms with Crippen LogP contribution < -0.4 is 0 Å². The van der Waals surface area contributed by atoms with Crippen molar-refractivity contribution in [3.8, 4) is 0 Å². The summed E-state index contributed by atoms with van der Waals surface area (Å²) in [5.41, 5.74) is 1.97. The molecular formula is C7H6N2O2S2. The molecule has 1 N–H and O–H groups in total. The largest absolute Gasteiger partial charge is 0.302 e. The SMILES string of the molecule is Cc1ccc2nsnc2c1S(=O)O. The Labute approximate surface area is 81.2 Å². The van der Waals surface area contributed by atoms with Gasteiger partial charge in [0.2, 0.25) is 0 Å². The summed E-state index contributed by atoms with van der Waals surface area (Å²) in [7, 11) is 0. The maximum atomic E-state index is 11.0. The van der Waals surface area contributed by atoms with Crippen LogP contribution in [0.15, 0.2) is 17.0 Å². The van der Waals surface area contributed by atoms with Crippen molar-refractivity contribution in [2.75, 3.05) is 0 Å². The van der Waals surface area contributed by atoms with Gasteiger partial charge in [0.15, 0.2) is 11.1 Å². The summed E-state index contributed by atoms with van der Waals surface area (Å²) in [6, 6.07) is 3.57. The molecule has 13 heavy (non-hydrogen) atoms. The quantitative estimate of drug-likeness (QED) is 0.732. The zero-order chi connectivity index (χ0) is 9.42. The molecule has 0 aliphatic heterocycles. The Morgan fingerprint density at radius 3 is 2.92 bits per heavy atom. The van der Waals surface area contributed by atoms with Crippen LogP contribution in [0, 0.1) is 6.92 Å². The number of nitrogens with zero attached hydrogens (tertiary/aromatic N) is 2. The maximum Gasteiger partial charge on any atom is 0.189 e. The molecule has 1 aromatic carbocycles. The van der Waals surface area contributed by atoms with Crippen molar-refractivity contribution in [2.24, 2.45) is 0 Å². The summed E-state index contributed by atoms with van der Waals surface area (Å²) in [4.78, 5) is 0.367. The number of rotatable bonds is 1. The lowest BCUT2D eigenvalue weighted by atomic mass is 10.2. The van der Waals surface area contributed by atoms with Gasteiger partial charge in [0.1, 0.15) is 11.0 Å². The Morgan fingerprint density at radius 2 is 2.23 bits per heavy atom. The second-order valence-electron chi connectivity index (χ2n) is 2.59. The zero-order valence-electron chi connectivity index (χ0n) is 6.72. The lowest BCUT2D eigenvalue weighted by Crippen LogP contribution is -1.93. The van der Waals surface area contributed by atoms with Gasteiger partial charge in [-0.1, -0.05) is 6.07 Å². The third-order valence-corrected chi connectivity index (χ3v) is 3.16. The van der Waals surface area contributed by atoms with E-state index in [-0.39, 0.29) is 0 Å². The summed E-state index contributed by atoms with van der Waals surface area (Å²) in [6.45, 7) is 1.78. The number of fused-ring (bicyclic) bond motifs is 1. The highest BCUT2D eigenvalue weighted by atomic mass is 32.2. The molecule has 4 nitrogen and oxygen atoms in total. The van der Waals surface area contributed by atoms with E-state index in [2.05, 4.69) is 8.75 Å². The van der Waals surface area contributed by atoms with E-state index in [0.717, 1.165) is 17.3 Å². The Morgan fingerprint density at radius 1 is 1.46 bits per heavy atom. The van der Waals surface area contributed by atoms with Gasteiger partial charge in [0.05, 0.1) is 16.6 Å². The van der Waals surface area contributed by atoms with Crippen LogP contribution in [0.1, 0.15) is 5.56 Å². The fourth-order valence-corrected chi connectivity index (χ4v) is 2.41. The Kier molecular flexibility index (Phi) is 2.10. The van der Waals surface area contributed by atoms with E-state index in [9.17, 15) is 4.21 Å². The highest BCUT2D eigenvalue weighted by molar-refractivity contribution is 7.79. The van der Waals surface area contributed by atoms with Gasteiger partial charge in [-0.2, -0.15) is 8.75 Å². The van der Waals surface area contributed by atoms with Crippen molar-refractivity contribution in [3.63, 3.8) is 0 Å². The molecule has 1 unspecified atom stereocenters. The Bertz CT molecular complexity index is 480. The molecule has 0 bridgehead atoms. The van der Waals surface area contributed by atoms with E-state index in [4.69, 9.17) is 4.55 Å². The van der Waals surface area contributed by atoms with Gasteiger partial charge >= 0.3 is 0 Å². The fraction of sp³-hybridized carbons (Fsp3) is 0.143. The third kappa shape index (κ3) is 1.37. The van der Waals surface area contributed by atoms with Crippen molar-refractivity contribution in [1.29, 1.82) is 0 Å². The summed E-state index contributed by atoms with van der Waals surface area (Å²) < 4.78 is 28.0. The van der Waals surface area contributed by atoms with Crippen LogP contribution in [0.2, 0.25) is 0 Å². The minimum atomic E-state index is -1.99. The molecule has 0 aliphatic rings. The first kappa shape index (κ1) is 8.74. The number of aromatic nitrogens is 2. The summed E-state index contributed by atoms with van der Waals surface area (Å²) in [5, 5.41) is 0. The predicted molar refractivity (Wildman–Crippen MR) is 51.2 cm³/mol. The van der Waals surface area contributed by atoms with Crippen molar-refractivity contribution in [1.82, 2.24) is 8.75 Å². The highest BCUT2D eigenvalue weighted by Crippen LogP contribution is 2.22. The van der Waals surface area contributed by atoms with Crippen LogP contribution in [0.25, 0.3) is 11.0 Å². The van der Waals surface area contributed by atoms with E-state index >= 15 is 0 Å². The van der Waals surface area contributed by atoms with Crippen LogP contribution in [0.5, 0.6) is 0 Å². The number of aryl methyl sites for hydroxylation is 1. The molecule has 68 valence electrons. The highest BCUT2D eigenvalue weighted by Gasteiger charge is 2.12. The van der Waals surface area contributed by atoms with Crippen molar-refractivity contribution >= 4 is 33.8 Å². The minimum Gasteiger partial charge on any atom is -0.302 e. The maximum absolute atomic E-state index is 11.0. The normalized spacial score (nSPS) is 13.4. The summed E-state index contributed by atoms with van der Waals surface area (Å²) >= 11 is -0.942. The summed E-state index contributed by atoms with van der Waals surface area (Å²) in [5.74, 6) is 0. The predicted octanol–water partition coefficient (Wildman–Crippen LogP) is 1.58. The molecule has 0 saturated carbocycles. The monoisotopic (exact) mass is 214 g/mol. The molecule has 0 spiro atoms. The molecule has 0 fully saturated rings. The van der Waals surface area contributed by atoms with E-state index in [1.54, 1.807) is 19.1 Å². The van der Waals surface area contributed by atoms with Gasteiger partial charge in [-0.25, -0.2) is 4.21 Å². The lowest BCUT2D eigenvalue weighted by molar-refractivity contribution is 0.564. The van der Waals surface area contributed by atoms with E-state index in [0.29, 0.717) is 15.9 Å². The first-order valence-electron chi connectivity index (χ1n) is 3.53. The molecule has 1 atom stereocenters. The molecule has 0 amide bonds. The van der Waals surface area contributed by atoms with E-state index in [1.807, 2.05) is 0 Å². The van der Waals surface area contributed by atoms with Crippen LogP contribution in [0.4, 0.5) is 0 Å². The molecule has 6 heteroatoms. The smallest absolute Gasteiger partial charge is 0.189 e. The van der Waals surface area contributed by atoms with Crippen LogP contribution in [0.3, 0.4) is 0 Å². The van der Waals surface area contributed by atoms with Crippen LogP contribution in [-0.2, 0) is 11.1 Å². The van der Waals surface area contributed by atoms with Gasteiger partial charge in [-0.15, -0.1) is 0 Å². The van der Waals surface area contributed by atoms with E-state index in [1.165, 1.54) is 0 Å². The number of benzene rings is 1. The summed E-state index contributed by atoms with van der Waals surface area (Å²) in [6.07, 6.45) is 0. The average Bonchev–Trinajstić information content (AvgIpc) is 2.50. The standard InChI is InChI=1S/C7H6N2O2S2/c1-4-2-3-5-6(9-12-8-5)7(4)13(10)11/h2-3H,1H3,(H,10,11). The first-order chi connectivity index (χ1) is 6.20. The topological polar surface area (TPSA) is 63.1 Å². The van der Waals surface area contributed by atoms with Gasteiger partial charge in [-0.3, -0.25) is 0 Å². The second-order valence-corrected chi connectivity index (χ2v) is 4.03.